The molecule has 2 amide bonds. The fourth-order valence-corrected chi connectivity index (χ4v) is 4.53. The lowest BCUT2D eigenvalue weighted by Crippen LogP contribution is -2.01. The Morgan fingerprint density at radius 1 is 1.08 bits per heavy atom. The lowest BCUT2D eigenvalue weighted by atomic mass is 9.99. The average molecular weight is 530 g/mol. The van der Waals surface area contributed by atoms with Gasteiger partial charge in [0.2, 0.25) is 12.3 Å². The molecule has 2 aromatic heterocycles. The number of nitrogens with zero attached hydrogens (tertiary/aromatic N) is 3. The smallest absolute Gasteiger partial charge is 0.214 e. The van der Waals surface area contributed by atoms with Crippen molar-refractivity contribution >= 4 is 40.6 Å². The van der Waals surface area contributed by atoms with Gasteiger partial charge in [-0.2, -0.15) is 5.10 Å². The molecule has 1 atom stereocenters. The number of fused-ring (bicyclic) bond motifs is 3. The molecular weight excluding hydrogens is 486 g/mol. The van der Waals surface area contributed by atoms with Crippen molar-refractivity contribution in [3.8, 4) is 11.1 Å². The Bertz CT molecular complexity index is 1090. The van der Waals surface area contributed by atoms with Crippen molar-refractivity contribution < 1.29 is 9.59 Å². The van der Waals surface area contributed by atoms with E-state index in [4.69, 9.17) is 11.6 Å². The third-order valence-electron chi connectivity index (χ3n) is 5.89. The van der Waals surface area contributed by atoms with E-state index in [0.29, 0.717) is 23.2 Å². The maximum absolute atomic E-state index is 10.6. The second-order valence-electron chi connectivity index (χ2n) is 8.57. The maximum Gasteiger partial charge on any atom is 0.214 e. The average Bonchev–Trinajstić information content (AvgIpc) is 3.47. The van der Waals surface area contributed by atoms with Crippen LogP contribution in [0.2, 0.25) is 5.02 Å². The zero-order valence-electron chi connectivity index (χ0n) is 23.3. The van der Waals surface area contributed by atoms with Crippen molar-refractivity contribution in [1.29, 1.82) is 0 Å². The third-order valence-corrected chi connectivity index (χ3v) is 6.19. The Kier molecular flexibility index (Phi) is 15.2. The molecule has 1 aliphatic carbocycles. The number of aryl methyl sites for hydroxylation is 1. The van der Waals surface area contributed by atoms with Crippen LogP contribution < -0.4 is 11.1 Å². The second kappa shape index (κ2) is 17.5. The van der Waals surface area contributed by atoms with Gasteiger partial charge in [-0.1, -0.05) is 90.8 Å². The van der Waals surface area contributed by atoms with Crippen LogP contribution >= 0.6 is 11.6 Å². The highest BCUT2D eigenvalue weighted by molar-refractivity contribution is 6.33. The molecule has 0 saturated heterocycles. The highest BCUT2D eigenvalue weighted by atomic mass is 35.5. The van der Waals surface area contributed by atoms with Crippen molar-refractivity contribution in [3.05, 3.63) is 41.2 Å². The van der Waals surface area contributed by atoms with E-state index in [-0.39, 0.29) is 5.91 Å². The van der Waals surface area contributed by atoms with E-state index in [2.05, 4.69) is 38.8 Å². The topological polar surface area (TPSA) is 103 Å². The number of hydrogen-bond acceptors (Lipinski definition) is 4. The maximum atomic E-state index is 10.6. The minimum Gasteiger partial charge on any atom is -0.370 e. The van der Waals surface area contributed by atoms with Crippen molar-refractivity contribution in [2.24, 2.45) is 5.73 Å². The molecule has 1 aliphatic heterocycles. The van der Waals surface area contributed by atoms with Crippen molar-refractivity contribution in [2.75, 3.05) is 5.32 Å². The normalized spacial score (nSPS) is 15.2. The molecule has 1 saturated carbocycles. The zero-order chi connectivity index (χ0) is 27.8. The van der Waals surface area contributed by atoms with E-state index in [1.165, 1.54) is 56.5 Å². The molecule has 8 heteroatoms. The first-order valence-corrected chi connectivity index (χ1v) is 13.9. The Morgan fingerprint density at radius 3 is 2.19 bits per heavy atom. The number of carbonyl (C=O) groups excluding carboxylic acids is 2. The summed E-state index contributed by atoms with van der Waals surface area (Å²) in [5.41, 5.74) is 8.61. The molecule has 1 fully saturated rings. The molecule has 0 spiro atoms. The Morgan fingerprint density at radius 2 is 1.65 bits per heavy atom. The van der Waals surface area contributed by atoms with Crippen LogP contribution in [0.5, 0.6) is 0 Å². The van der Waals surface area contributed by atoms with Gasteiger partial charge in [0.05, 0.1) is 10.5 Å². The predicted octanol–water partition coefficient (Wildman–Crippen LogP) is 7.71. The Labute approximate surface area is 227 Å². The van der Waals surface area contributed by atoms with Gasteiger partial charge in [-0.05, 0) is 30.2 Å². The minimum atomic E-state index is -0.333. The molecule has 37 heavy (non-hydrogen) atoms. The number of nitrogens with two attached hydrogens (primary N) is 1. The van der Waals surface area contributed by atoms with Gasteiger partial charge in [0.1, 0.15) is 5.82 Å². The van der Waals surface area contributed by atoms with E-state index in [9.17, 15) is 9.59 Å². The summed E-state index contributed by atoms with van der Waals surface area (Å²) in [6, 6.07) is 7.93. The number of pyridine rings is 1. The number of rotatable bonds is 3. The van der Waals surface area contributed by atoms with E-state index in [1.807, 2.05) is 39.8 Å². The van der Waals surface area contributed by atoms with Gasteiger partial charge in [-0.25, -0.2) is 4.98 Å². The highest BCUT2D eigenvalue weighted by Gasteiger charge is 2.23. The molecule has 5 rings (SSSR count). The lowest BCUT2D eigenvalue weighted by Gasteiger charge is -2.08. The van der Waals surface area contributed by atoms with E-state index >= 15 is 0 Å². The molecule has 3 aromatic rings. The molecule has 3 heterocycles. The first-order chi connectivity index (χ1) is 17.9. The van der Waals surface area contributed by atoms with E-state index in [1.54, 1.807) is 12.3 Å². The first kappa shape index (κ1) is 32.1. The number of benzene rings is 1. The summed E-state index contributed by atoms with van der Waals surface area (Å²) in [7, 11) is 0. The summed E-state index contributed by atoms with van der Waals surface area (Å²) >= 11 is 6.30. The predicted molar refractivity (Wildman–Crippen MR) is 156 cm³/mol. The molecule has 2 aliphatic rings. The van der Waals surface area contributed by atoms with Crippen LogP contribution in [0.4, 0.5) is 5.82 Å². The van der Waals surface area contributed by atoms with Crippen LogP contribution in [0.15, 0.2) is 30.5 Å². The summed E-state index contributed by atoms with van der Waals surface area (Å²) in [5, 5.41) is 8.94. The molecule has 7 nitrogen and oxygen atoms in total. The van der Waals surface area contributed by atoms with Crippen molar-refractivity contribution in [3.63, 3.8) is 0 Å². The number of aromatic nitrogens is 3. The summed E-state index contributed by atoms with van der Waals surface area (Å²) < 4.78 is 2.10. The number of amides is 2. The number of hydrogen-bond donors (Lipinski definition) is 2. The van der Waals surface area contributed by atoms with E-state index in [0.717, 1.165) is 29.6 Å². The number of primary amides is 1. The van der Waals surface area contributed by atoms with Gasteiger partial charge in [-0.3, -0.25) is 14.3 Å². The van der Waals surface area contributed by atoms with E-state index < -0.39 is 0 Å². The third kappa shape index (κ3) is 9.80. The van der Waals surface area contributed by atoms with Gasteiger partial charge in [0, 0.05) is 42.2 Å². The summed E-state index contributed by atoms with van der Waals surface area (Å²) in [4.78, 5) is 23.9. The highest BCUT2D eigenvalue weighted by Crippen LogP contribution is 2.37. The van der Waals surface area contributed by atoms with Gasteiger partial charge >= 0.3 is 0 Å². The molecule has 0 radical (unpaired) electrons. The minimum absolute atomic E-state index is 0.333. The van der Waals surface area contributed by atoms with Gasteiger partial charge in [0.15, 0.2) is 0 Å². The number of halogens is 1. The fraction of sp³-hybridized carbons (Fsp3) is 0.517. The monoisotopic (exact) mass is 529 g/mol. The molecule has 204 valence electrons. The van der Waals surface area contributed by atoms with Crippen LogP contribution in [0.25, 0.3) is 22.0 Å². The summed E-state index contributed by atoms with van der Waals surface area (Å²) in [6.07, 6.45) is 12.3. The van der Waals surface area contributed by atoms with Crippen molar-refractivity contribution in [2.45, 2.75) is 99.0 Å². The fourth-order valence-electron chi connectivity index (χ4n) is 4.32. The van der Waals surface area contributed by atoms with Crippen LogP contribution in [0.3, 0.4) is 0 Å². The Hall–Kier alpha value is -2.93. The van der Waals surface area contributed by atoms with Gasteiger partial charge in [0.25, 0.3) is 0 Å². The van der Waals surface area contributed by atoms with Crippen LogP contribution in [-0.2, 0) is 16.1 Å². The first-order valence-electron chi connectivity index (χ1n) is 13.5. The second-order valence-corrected chi connectivity index (χ2v) is 8.98. The zero-order valence-corrected chi connectivity index (χ0v) is 24.1. The largest absolute Gasteiger partial charge is 0.370 e. The molecule has 3 N–H and O–H groups in total. The van der Waals surface area contributed by atoms with Crippen LogP contribution in [-0.4, -0.2) is 27.1 Å². The summed E-state index contributed by atoms with van der Waals surface area (Å²) in [6.45, 7) is 12.5. The lowest BCUT2D eigenvalue weighted by molar-refractivity contribution is -0.116. The number of nitrogens with one attached hydrogen (secondary N) is 1. The van der Waals surface area contributed by atoms with Crippen LogP contribution in [0, 0.1) is 0 Å². The Balaban J connectivity index is 0.000000407. The van der Waals surface area contributed by atoms with Gasteiger partial charge in [-0.15, -0.1) is 0 Å². The number of anilines is 1. The molecule has 1 aromatic carbocycles. The van der Waals surface area contributed by atoms with Gasteiger partial charge < -0.3 is 11.1 Å². The SMILES string of the molecule is C1CCCCC1.CC.CC.CC(N)=O.CC1CCn2nc3ccc(-c4cc(NC=O)ncc4Cl)cc3c21. The van der Waals surface area contributed by atoms with Crippen molar-refractivity contribution in [1.82, 2.24) is 14.8 Å². The van der Waals surface area contributed by atoms with Crippen LogP contribution in [0.1, 0.15) is 98.1 Å². The summed E-state index contributed by atoms with van der Waals surface area (Å²) in [5.74, 6) is 0.656. The molecule has 0 bridgehead atoms. The molecular formula is C29H44ClN5O2. The number of carbonyl (C=O) groups is 2. The quantitative estimate of drug-likeness (QED) is 0.339. The molecule has 1 unspecified atom stereocenters. The standard InChI is InChI=1S/C17H15ClN4O.C6H12.C2H5NO.2C2H6/c1-10-4-5-22-17(10)13-6-11(2-3-15(13)21-22)12-7-16(20-9-23)19-8-14(12)18;1-2-4-6-5-3-1;1-2(3)4;2*1-2/h2-3,6-10H,4-5H2,1H3,(H,19,20,23);1-6H2;1H3,(H2,3,4);2*1-2H3.